The summed E-state index contributed by atoms with van der Waals surface area (Å²) in [7, 11) is 8.04. The first-order valence-electron chi connectivity index (χ1n) is 6.09. The molecule has 0 radical (unpaired) electrons. The number of likely N-dealkylation sites (N-methyl/N-ethyl adjacent to an activating group) is 1. The highest BCUT2D eigenvalue weighted by Gasteiger charge is 2.13. The molecule has 1 heterocycles. The van der Waals surface area contributed by atoms with E-state index in [0.29, 0.717) is 17.8 Å². The molecule has 1 rings (SSSR count). The maximum Gasteiger partial charge on any atom is 0.251 e. The lowest BCUT2D eigenvalue weighted by molar-refractivity contribution is -0.869. The topological polar surface area (TPSA) is 65.6 Å². The van der Waals surface area contributed by atoms with Crippen molar-refractivity contribution in [3.63, 3.8) is 0 Å². The smallest absolute Gasteiger partial charge is 0.251 e. The Morgan fingerprint density at radius 3 is 2.79 bits per heavy atom. The van der Waals surface area contributed by atoms with E-state index in [1.54, 1.807) is 22.9 Å². The molecule has 0 aliphatic rings. The standard InChI is InChI=1S/C13H20N4O2/c1-16-7-5-11(9-12(16)10-15-19)13(18)14-6-8-17(2,3)4/h5,7,9-10H,6,8H2,1-4H3/p+2. The van der Waals surface area contributed by atoms with Gasteiger partial charge in [0.1, 0.15) is 13.3 Å². The van der Waals surface area contributed by atoms with Gasteiger partial charge in [-0.3, -0.25) is 4.79 Å². The molecule has 0 spiro atoms. The molecule has 0 aliphatic heterocycles. The molecule has 1 aromatic rings. The molecule has 0 saturated carbocycles. The number of quaternary nitrogens is 1. The van der Waals surface area contributed by atoms with Crippen molar-refractivity contribution in [3.05, 3.63) is 29.6 Å². The van der Waals surface area contributed by atoms with E-state index in [4.69, 9.17) is 5.21 Å². The highest BCUT2D eigenvalue weighted by molar-refractivity contribution is 5.95. The van der Waals surface area contributed by atoms with Crippen LogP contribution in [0, 0.1) is 0 Å². The SMILES string of the molecule is C[n+]1ccc(C(=O)NCC[N+](C)(C)C)cc1/C=N/O. The normalized spacial score (nSPS) is 11.8. The molecular weight excluding hydrogens is 244 g/mol. The molecule has 104 valence electrons. The van der Waals surface area contributed by atoms with Gasteiger partial charge in [0.2, 0.25) is 5.69 Å². The van der Waals surface area contributed by atoms with Crippen LogP contribution in [-0.4, -0.2) is 56.0 Å². The Hall–Kier alpha value is -1.95. The van der Waals surface area contributed by atoms with Crippen molar-refractivity contribution in [2.24, 2.45) is 12.2 Å². The maximum atomic E-state index is 12.0. The Kier molecular flexibility index (Phi) is 5.00. The molecule has 0 saturated heterocycles. The Balaban J connectivity index is 2.70. The van der Waals surface area contributed by atoms with Crippen LogP contribution >= 0.6 is 0 Å². The van der Waals surface area contributed by atoms with Crippen LogP contribution in [0.1, 0.15) is 16.1 Å². The highest BCUT2D eigenvalue weighted by atomic mass is 16.4. The summed E-state index contributed by atoms with van der Waals surface area (Å²) >= 11 is 0. The predicted molar refractivity (Wildman–Crippen MR) is 72.2 cm³/mol. The van der Waals surface area contributed by atoms with Crippen molar-refractivity contribution in [2.75, 3.05) is 34.2 Å². The molecule has 0 bridgehead atoms. The van der Waals surface area contributed by atoms with Gasteiger partial charge in [-0.15, -0.1) is 0 Å². The van der Waals surface area contributed by atoms with E-state index < -0.39 is 0 Å². The molecule has 0 atom stereocenters. The van der Waals surface area contributed by atoms with E-state index in [0.717, 1.165) is 11.0 Å². The van der Waals surface area contributed by atoms with Crippen molar-refractivity contribution in [2.45, 2.75) is 0 Å². The summed E-state index contributed by atoms with van der Waals surface area (Å²) < 4.78 is 2.56. The minimum Gasteiger partial charge on any atom is -0.411 e. The zero-order valence-electron chi connectivity index (χ0n) is 11.9. The van der Waals surface area contributed by atoms with Gasteiger partial charge in [-0.25, -0.2) is 4.57 Å². The van der Waals surface area contributed by atoms with Gasteiger partial charge in [-0.1, -0.05) is 5.16 Å². The summed E-state index contributed by atoms with van der Waals surface area (Å²) in [6.45, 7) is 1.48. The lowest BCUT2D eigenvalue weighted by atomic mass is 10.2. The predicted octanol–water partition coefficient (Wildman–Crippen LogP) is -0.245. The number of carbonyl (C=O) groups excluding carboxylic acids is 1. The average molecular weight is 266 g/mol. The van der Waals surface area contributed by atoms with E-state index in [1.165, 1.54) is 6.21 Å². The second kappa shape index (κ2) is 6.29. The van der Waals surface area contributed by atoms with Crippen molar-refractivity contribution in [1.82, 2.24) is 5.32 Å². The van der Waals surface area contributed by atoms with Crippen molar-refractivity contribution in [3.8, 4) is 0 Å². The monoisotopic (exact) mass is 266 g/mol. The number of aromatic nitrogens is 1. The molecule has 0 aromatic carbocycles. The number of oxime groups is 1. The Morgan fingerprint density at radius 1 is 1.53 bits per heavy atom. The minimum atomic E-state index is -0.123. The minimum absolute atomic E-state index is 0.123. The third-order valence-electron chi connectivity index (χ3n) is 2.71. The van der Waals surface area contributed by atoms with Crippen LogP contribution in [0.15, 0.2) is 23.5 Å². The second-order valence-electron chi connectivity index (χ2n) is 5.47. The first-order chi connectivity index (χ1) is 8.83. The number of hydrogen-bond acceptors (Lipinski definition) is 3. The molecule has 0 aliphatic carbocycles. The summed E-state index contributed by atoms with van der Waals surface area (Å²) in [5.41, 5.74) is 1.20. The van der Waals surface area contributed by atoms with Crippen LogP contribution in [0.2, 0.25) is 0 Å². The van der Waals surface area contributed by atoms with Gasteiger partial charge in [0.25, 0.3) is 5.91 Å². The first kappa shape index (κ1) is 15.1. The number of pyridine rings is 1. The number of amides is 1. The number of nitrogens with zero attached hydrogens (tertiary/aromatic N) is 3. The van der Waals surface area contributed by atoms with Crippen molar-refractivity contribution in [1.29, 1.82) is 0 Å². The molecule has 1 aromatic heterocycles. The number of hydrogen-bond donors (Lipinski definition) is 2. The van der Waals surface area contributed by atoms with Crippen LogP contribution in [0.25, 0.3) is 0 Å². The van der Waals surface area contributed by atoms with Crippen LogP contribution in [-0.2, 0) is 7.05 Å². The summed E-state index contributed by atoms with van der Waals surface area (Å²) in [6.07, 6.45) is 3.05. The van der Waals surface area contributed by atoms with Gasteiger partial charge < -0.3 is 15.0 Å². The van der Waals surface area contributed by atoms with E-state index in [-0.39, 0.29) is 5.91 Å². The summed E-state index contributed by atoms with van der Waals surface area (Å²) in [6, 6.07) is 3.41. The fourth-order valence-corrected chi connectivity index (χ4v) is 1.52. The van der Waals surface area contributed by atoms with Crippen LogP contribution < -0.4 is 9.88 Å². The molecule has 1 amide bonds. The largest absolute Gasteiger partial charge is 0.411 e. The molecule has 19 heavy (non-hydrogen) atoms. The number of rotatable bonds is 5. The van der Waals surface area contributed by atoms with Gasteiger partial charge in [0, 0.05) is 12.1 Å². The van der Waals surface area contributed by atoms with Crippen LogP contribution in [0.4, 0.5) is 0 Å². The Morgan fingerprint density at radius 2 is 2.21 bits per heavy atom. The first-order valence-corrected chi connectivity index (χ1v) is 6.09. The molecule has 2 N–H and O–H groups in total. The quantitative estimate of drug-likeness (QED) is 0.254. The number of nitrogens with one attached hydrogen (secondary N) is 1. The third kappa shape index (κ3) is 5.05. The molecule has 6 heteroatoms. The number of carbonyl (C=O) groups is 1. The summed E-state index contributed by atoms with van der Waals surface area (Å²) in [5.74, 6) is -0.123. The van der Waals surface area contributed by atoms with E-state index in [9.17, 15) is 4.79 Å². The molecule has 0 fully saturated rings. The average Bonchev–Trinajstić information content (AvgIpc) is 2.30. The van der Waals surface area contributed by atoms with E-state index in [1.807, 2.05) is 7.05 Å². The Bertz CT molecular complexity index is 478. The van der Waals surface area contributed by atoms with Gasteiger partial charge in [-0.2, -0.15) is 0 Å². The maximum absolute atomic E-state index is 12.0. The van der Waals surface area contributed by atoms with Gasteiger partial charge in [-0.05, 0) is 0 Å². The summed E-state index contributed by atoms with van der Waals surface area (Å²) in [4.78, 5) is 12.0. The second-order valence-corrected chi connectivity index (χ2v) is 5.47. The van der Waals surface area contributed by atoms with Crippen LogP contribution in [0.5, 0.6) is 0 Å². The van der Waals surface area contributed by atoms with E-state index >= 15 is 0 Å². The van der Waals surface area contributed by atoms with Crippen molar-refractivity contribution >= 4 is 12.1 Å². The third-order valence-corrected chi connectivity index (χ3v) is 2.71. The lowest BCUT2D eigenvalue weighted by Crippen LogP contribution is -2.42. The van der Waals surface area contributed by atoms with Crippen molar-refractivity contribution < 1.29 is 19.1 Å². The molecule has 0 unspecified atom stereocenters. The number of aryl methyl sites for hydroxylation is 1. The van der Waals surface area contributed by atoms with Crippen LogP contribution in [0.3, 0.4) is 0 Å². The van der Waals surface area contributed by atoms with E-state index in [2.05, 4.69) is 31.6 Å². The highest BCUT2D eigenvalue weighted by Crippen LogP contribution is 1.99. The van der Waals surface area contributed by atoms with Gasteiger partial charge in [0.05, 0.1) is 39.8 Å². The zero-order valence-corrected chi connectivity index (χ0v) is 11.9. The zero-order chi connectivity index (χ0) is 14.5. The Labute approximate surface area is 113 Å². The van der Waals surface area contributed by atoms with Gasteiger partial charge in [0.15, 0.2) is 6.20 Å². The van der Waals surface area contributed by atoms with Gasteiger partial charge >= 0.3 is 0 Å². The molecular formula is C13H22N4O2+2. The fourth-order valence-electron chi connectivity index (χ4n) is 1.52. The molecule has 6 nitrogen and oxygen atoms in total. The fraction of sp³-hybridized carbons (Fsp3) is 0.462. The summed E-state index contributed by atoms with van der Waals surface area (Å²) in [5, 5.41) is 14.4. The lowest BCUT2D eigenvalue weighted by Gasteiger charge is -2.23.